The van der Waals surface area contributed by atoms with Crippen LogP contribution in [-0.2, 0) is 4.79 Å². The molecule has 5 nitrogen and oxygen atoms in total. The molecule has 1 saturated heterocycles. The lowest BCUT2D eigenvalue weighted by molar-refractivity contribution is -0.121. The van der Waals surface area contributed by atoms with E-state index in [4.69, 9.17) is 5.73 Å². The highest BCUT2D eigenvalue weighted by molar-refractivity contribution is 5.94. The Kier molecular flexibility index (Phi) is 4.98. The summed E-state index contributed by atoms with van der Waals surface area (Å²) in [6.07, 6.45) is 2.07. The number of hydrogen-bond acceptors (Lipinski definition) is 4. The number of anilines is 2. The second kappa shape index (κ2) is 6.72. The maximum atomic E-state index is 12.3. The van der Waals surface area contributed by atoms with Gasteiger partial charge in [0.15, 0.2) is 0 Å². The number of aliphatic hydroxyl groups is 1. The largest absolute Gasteiger partial charge is 0.399 e. The van der Waals surface area contributed by atoms with Crippen LogP contribution in [0.25, 0.3) is 0 Å². The van der Waals surface area contributed by atoms with Crippen LogP contribution in [0.1, 0.15) is 19.8 Å². The molecule has 20 heavy (non-hydrogen) atoms. The number of carbonyl (C=O) groups is 1. The Hall–Kier alpha value is -1.59. The van der Waals surface area contributed by atoms with E-state index in [9.17, 15) is 9.90 Å². The van der Waals surface area contributed by atoms with Gasteiger partial charge in [-0.25, -0.2) is 0 Å². The Morgan fingerprint density at radius 1 is 1.60 bits per heavy atom. The van der Waals surface area contributed by atoms with Crippen LogP contribution in [0.4, 0.5) is 11.4 Å². The number of benzene rings is 1. The molecule has 1 aliphatic rings. The smallest absolute Gasteiger partial charge is 0.241 e. The normalized spacial score (nSPS) is 21.4. The molecule has 0 bridgehead atoms. The van der Waals surface area contributed by atoms with E-state index in [2.05, 4.69) is 10.2 Å². The van der Waals surface area contributed by atoms with E-state index in [0.29, 0.717) is 5.69 Å². The predicted molar refractivity (Wildman–Crippen MR) is 80.3 cm³/mol. The van der Waals surface area contributed by atoms with Crippen LogP contribution in [0.5, 0.6) is 0 Å². The summed E-state index contributed by atoms with van der Waals surface area (Å²) in [4.78, 5) is 14.4. The van der Waals surface area contributed by atoms with Crippen molar-refractivity contribution in [1.29, 1.82) is 0 Å². The average molecular weight is 277 g/mol. The minimum atomic E-state index is -0.203. The van der Waals surface area contributed by atoms with Crippen LogP contribution >= 0.6 is 0 Å². The molecular weight excluding hydrogens is 254 g/mol. The van der Waals surface area contributed by atoms with Gasteiger partial charge in [0.25, 0.3) is 0 Å². The summed E-state index contributed by atoms with van der Waals surface area (Å²) in [5.74, 6) is 0.251. The third-order valence-corrected chi connectivity index (χ3v) is 3.89. The first kappa shape index (κ1) is 14.8. The fraction of sp³-hybridized carbons (Fsp3) is 0.533. The van der Waals surface area contributed by atoms with Gasteiger partial charge in [-0.15, -0.1) is 0 Å². The van der Waals surface area contributed by atoms with Crippen molar-refractivity contribution in [3.05, 3.63) is 24.3 Å². The molecule has 2 rings (SSSR count). The molecule has 5 heteroatoms. The van der Waals surface area contributed by atoms with Crippen LogP contribution in [0, 0.1) is 5.92 Å². The Labute approximate surface area is 119 Å². The monoisotopic (exact) mass is 277 g/mol. The molecule has 0 aromatic heterocycles. The Morgan fingerprint density at radius 2 is 2.40 bits per heavy atom. The molecular formula is C15H23N3O2. The number of amides is 1. The van der Waals surface area contributed by atoms with E-state index in [-0.39, 0.29) is 24.5 Å². The van der Waals surface area contributed by atoms with Crippen molar-refractivity contribution in [3.63, 3.8) is 0 Å². The van der Waals surface area contributed by atoms with Gasteiger partial charge in [0.1, 0.15) is 0 Å². The van der Waals surface area contributed by atoms with Gasteiger partial charge in [0, 0.05) is 24.5 Å². The van der Waals surface area contributed by atoms with Crippen LogP contribution < -0.4 is 11.1 Å². The number of aliphatic hydroxyl groups excluding tert-OH is 1. The molecule has 1 aromatic carbocycles. The topological polar surface area (TPSA) is 78.6 Å². The number of carbonyl (C=O) groups excluding carboxylic acids is 1. The standard InChI is InChI=1S/C15H23N3O2/c1-11(18-7-3-4-12(9-18)10-19)15(20)17-14-6-2-5-13(16)8-14/h2,5-6,8,11-12,19H,3-4,7,9-10,16H2,1H3,(H,17,20). The van der Waals surface area contributed by atoms with E-state index in [1.807, 2.05) is 19.1 Å². The Morgan fingerprint density at radius 3 is 3.10 bits per heavy atom. The zero-order chi connectivity index (χ0) is 14.5. The van der Waals surface area contributed by atoms with Gasteiger partial charge < -0.3 is 16.2 Å². The summed E-state index contributed by atoms with van der Waals surface area (Å²) in [5, 5.41) is 12.1. The lowest BCUT2D eigenvalue weighted by Gasteiger charge is -2.35. The van der Waals surface area contributed by atoms with E-state index in [1.54, 1.807) is 12.1 Å². The number of nitrogens with one attached hydrogen (secondary N) is 1. The highest BCUT2D eigenvalue weighted by Crippen LogP contribution is 2.19. The Bertz CT molecular complexity index is 464. The molecule has 0 radical (unpaired) electrons. The molecule has 1 aromatic rings. The van der Waals surface area contributed by atoms with Gasteiger partial charge >= 0.3 is 0 Å². The molecule has 0 spiro atoms. The van der Waals surface area contributed by atoms with Crippen LogP contribution in [0.2, 0.25) is 0 Å². The number of likely N-dealkylation sites (tertiary alicyclic amines) is 1. The third kappa shape index (κ3) is 3.71. The number of nitrogens with two attached hydrogens (primary N) is 1. The number of nitrogen functional groups attached to an aromatic ring is 1. The quantitative estimate of drug-likeness (QED) is 0.725. The van der Waals surface area contributed by atoms with E-state index >= 15 is 0 Å². The second-order valence-corrected chi connectivity index (χ2v) is 5.48. The first-order chi connectivity index (χ1) is 9.60. The van der Waals surface area contributed by atoms with Crippen molar-refractivity contribution in [3.8, 4) is 0 Å². The molecule has 4 N–H and O–H groups in total. The SMILES string of the molecule is CC(C(=O)Nc1cccc(N)c1)N1CCCC(CO)C1. The van der Waals surface area contributed by atoms with Crippen LogP contribution in [0.3, 0.4) is 0 Å². The maximum absolute atomic E-state index is 12.3. The van der Waals surface area contributed by atoms with Crippen molar-refractivity contribution in [2.24, 2.45) is 5.92 Å². The molecule has 0 saturated carbocycles. The van der Waals surface area contributed by atoms with Gasteiger partial charge in [-0.1, -0.05) is 6.07 Å². The molecule has 0 aliphatic carbocycles. The number of piperidine rings is 1. The van der Waals surface area contributed by atoms with Crippen molar-refractivity contribution >= 4 is 17.3 Å². The predicted octanol–water partition coefficient (Wildman–Crippen LogP) is 1.30. The summed E-state index contributed by atoms with van der Waals surface area (Å²) in [7, 11) is 0. The molecule has 1 aliphatic heterocycles. The van der Waals surface area contributed by atoms with Crippen molar-refractivity contribution in [2.75, 3.05) is 30.7 Å². The fourth-order valence-electron chi connectivity index (χ4n) is 2.63. The van der Waals surface area contributed by atoms with E-state index < -0.39 is 0 Å². The van der Waals surface area contributed by atoms with Crippen molar-refractivity contribution in [2.45, 2.75) is 25.8 Å². The molecule has 2 atom stereocenters. The van der Waals surface area contributed by atoms with Gasteiger partial charge in [-0.3, -0.25) is 9.69 Å². The molecule has 1 heterocycles. The first-order valence-corrected chi connectivity index (χ1v) is 7.11. The molecule has 2 unspecified atom stereocenters. The average Bonchev–Trinajstić information content (AvgIpc) is 2.46. The van der Waals surface area contributed by atoms with Gasteiger partial charge in [0.2, 0.25) is 5.91 Å². The summed E-state index contributed by atoms with van der Waals surface area (Å²) < 4.78 is 0. The highest BCUT2D eigenvalue weighted by Gasteiger charge is 2.27. The minimum Gasteiger partial charge on any atom is -0.399 e. The number of nitrogens with zero attached hydrogens (tertiary/aromatic N) is 1. The van der Waals surface area contributed by atoms with Crippen LogP contribution in [0.15, 0.2) is 24.3 Å². The van der Waals surface area contributed by atoms with Gasteiger partial charge in [-0.2, -0.15) is 0 Å². The number of hydrogen-bond donors (Lipinski definition) is 3. The van der Waals surface area contributed by atoms with Crippen molar-refractivity contribution < 1.29 is 9.90 Å². The van der Waals surface area contributed by atoms with E-state index in [0.717, 1.165) is 31.6 Å². The number of rotatable bonds is 4. The van der Waals surface area contributed by atoms with Gasteiger partial charge in [0.05, 0.1) is 6.04 Å². The lowest BCUT2D eigenvalue weighted by atomic mass is 9.97. The minimum absolute atomic E-state index is 0.0332. The lowest BCUT2D eigenvalue weighted by Crippen LogP contribution is -2.47. The van der Waals surface area contributed by atoms with Crippen LogP contribution in [-0.4, -0.2) is 41.7 Å². The van der Waals surface area contributed by atoms with Crippen molar-refractivity contribution in [1.82, 2.24) is 4.90 Å². The highest BCUT2D eigenvalue weighted by atomic mass is 16.3. The third-order valence-electron chi connectivity index (χ3n) is 3.89. The first-order valence-electron chi connectivity index (χ1n) is 7.11. The molecule has 1 amide bonds. The van der Waals surface area contributed by atoms with Gasteiger partial charge in [-0.05, 0) is 50.4 Å². The summed E-state index contributed by atoms with van der Waals surface area (Å²) in [6.45, 7) is 3.78. The summed E-state index contributed by atoms with van der Waals surface area (Å²) in [5.41, 5.74) is 7.05. The zero-order valence-corrected chi connectivity index (χ0v) is 11.9. The summed E-state index contributed by atoms with van der Waals surface area (Å²) in [6, 6.07) is 6.98. The zero-order valence-electron chi connectivity index (χ0n) is 11.9. The maximum Gasteiger partial charge on any atom is 0.241 e. The molecule has 1 fully saturated rings. The fourth-order valence-corrected chi connectivity index (χ4v) is 2.63. The second-order valence-electron chi connectivity index (χ2n) is 5.48. The Balaban J connectivity index is 1.94. The van der Waals surface area contributed by atoms with E-state index in [1.165, 1.54) is 0 Å². The summed E-state index contributed by atoms with van der Waals surface area (Å²) >= 11 is 0. The molecule has 110 valence electrons.